The third-order valence-electron chi connectivity index (χ3n) is 3.10. The van der Waals surface area contributed by atoms with Crippen LogP contribution in [-0.4, -0.2) is 35.9 Å². The van der Waals surface area contributed by atoms with Gasteiger partial charge >= 0.3 is 0 Å². The minimum Gasteiger partial charge on any atom is -0.356 e. The van der Waals surface area contributed by atoms with E-state index in [1.54, 1.807) is 24.6 Å². The summed E-state index contributed by atoms with van der Waals surface area (Å²) in [5, 5.41) is 15.1. The summed E-state index contributed by atoms with van der Waals surface area (Å²) in [5.41, 5.74) is 1.37. The fourth-order valence-electron chi connectivity index (χ4n) is 1.87. The first-order chi connectivity index (χ1) is 9.79. The maximum absolute atomic E-state index is 4.23. The normalized spacial score (nSPS) is 12.6. The number of nitrogens with zero attached hydrogens (tertiary/aromatic N) is 3. The first-order valence-electron chi connectivity index (χ1n) is 6.73. The Bertz CT molecular complexity index is 509. The summed E-state index contributed by atoms with van der Waals surface area (Å²) in [4.78, 5) is 4.23. The lowest BCUT2D eigenvalue weighted by Crippen LogP contribution is -2.40. The van der Waals surface area contributed by atoms with Gasteiger partial charge in [0.1, 0.15) is 0 Å². The molecule has 1 atom stereocenters. The van der Waals surface area contributed by atoms with Crippen molar-refractivity contribution in [3.63, 3.8) is 0 Å². The highest BCUT2D eigenvalue weighted by atomic mass is 127. The highest BCUT2D eigenvalue weighted by molar-refractivity contribution is 14.0. The van der Waals surface area contributed by atoms with Gasteiger partial charge in [0.2, 0.25) is 0 Å². The summed E-state index contributed by atoms with van der Waals surface area (Å²) in [6.45, 7) is 4.71. The number of hydrogen-bond donors (Lipinski definition) is 2. The number of nitrogens with one attached hydrogen (secondary N) is 2. The molecule has 116 valence electrons. The molecule has 0 radical (unpaired) electrons. The molecule has 0 bridgehead atoms. The van der Waals surface area contributed by atoms with Crippen LogP contribution in [-0.2, 0) is 6.54 Å². The number of aliphatic imine (C=N–C) groups is 1. The number of halogens is 1. The molecule has 0 aromatic carbocycles. The van der Waals surface area contributed by atoms with E-state index < -0.39 is 0 Å². The summed E-state index contributed by atoms with van der Waals surface area (Å²) in [5.74, 6) is 1.31. The molecule has 0 spiro atoms. The predicted molar refractivity (Wildman–Crippen MR) is 99.7 cm³/mol. The van der Waals surface area contributed by atoms with E-state index in [9.17, 15) is 0 Å². The minimum absolute atomic E-state index is 0. The monoisotopic (exact) mass is 419 g/mol. The van der Waals surface area contributed by atoms with Gasteiger partial charge in [-0.1, -0.05) is 6.92 Å². The van der Waals surface area contributed by atoms with E-state index in [1.165, 1.54) is 5.56 Å². The molecule has 2 aromatic rings. The van der Waals surface area contributed by atoms with Crippen molar-refractivity contribution in [2.45, 2.75) is 19.4 Å². The smallest absolute Gasteiger partial charge is 0.191 e. The Morgan fingerprint density at radius 1 is 1.48 bits per heavy atom. The van der Waals surface area contributed by atoms with Gasteiger partial charge in [0.05, 0.1) is 6.54 Å². The van der Waals surface area contributed by atoms with Crippen molar-refractivity contribution in [2.24, 2.45) is 4.99 Å². The van der Waals surface area contributed by atoms with Crippen molar-refractivity contribution in [3.8, 4) is 0 Å². The highest BCUT2D eigenvalue weighted by Gasteiger charge is 2.06. The molecule has 0 fully saturated rings. The van der Waals surface area contributed by atoms with Crippen molar-refractivity contribution in [3.05, 3.63) is 40.8 Å². The molecule has 1 unspecified atom stereocenters. The van der Waals surface area contributed by atoms with Gasteiger partial charge in [0.25, 0.3) is 0 Å². The molecule has 7 heteroatoms. The van der Waals surface area contributed by atoms with E-state index in [2.05, 4.69) is 44.5 Å². The van der Waals surface area contributed by atoms with Crippen LogP contribution in [0.25, 0.3) is 0 Å². The summed E-state index contributed by atoms with van der Waals surface area (Å²) in [6.07, 6.45) is 3.74. The van der Waals surface area contributed by atoms with Crippen LogP contribution >= 0.6 is 35.3 Å². The lowest BCUT2D eigenvalue weighted by atomic mass is 10.1. The number of aromatic nitrogens is 2. The first kappa shape index (κ1) is 18.0. The molecule has 0 amide bonds. The first-order valence-corrected chi connectivity index (χ1v) is 7.68. The maximum Gasteiger partial charge on any atom is 0.191 e. The zero-order chi connectivity index (χ0) is 14.2. The lowest BCUT2D eigenvalue weighted by molar-refractivity contribution is 0.595. The minimum atomic E-state index is 0. The number of rotatable bonds is 6. The standard InChI is InChI=1S/C14H21N5S.HI/c1-12(13-4-9-20-11-13)10-17-14(15-2)16-6-8-19-7-3-5-18-19;/h3-5,7,9,11-12H,6,8,10H2,1-2H3,(H2,15,16,17);1H. The molecule has 0 saturated heterocycles. The largest absolute Gasteiger partial charge is 0.356 e. The second-order valence-electron chi connectivity index (χ2n) is 4.61. The van der Waals surface area contributed by atoms with Crippen molar-refractivity contribution in [2.75, 3.05) is 20.1 Å². The zero-order valence-electron chi connectivity index (χ0n) is 12.3. The van der Waals surface area contributed by atoms with Gasteiger partial charge in [-0.3, -0.25) is 9.67 Å². The van der Waals surface area contributed by atoms with Crippen molar-refractivity contribution < 1.29 is 0 Å². The van der Waals surface area contributed by atoms with E-state index in [0.29, 0.717) is 5.92 Å². The van der Waals surface area contributed by atoms with Crippen molar-refractivity contribution in [1.82, 2.24) is 20.4 Å². The van der Waals surface area contributed by atoms with E-state index in [-0.39, 0.29) is 24.0 Å². The molecule has 0 aliphatic carbocycles. The predicted octanol–water partition coefficient (Wildman–Crippen LogP) is 2.53. The SMILES string of the molecule is CN=C(NCCn1cccn1)NCC(C)c1ccsc1.I. The number of thiophene rings is 1. The summed E-state index contributed by atoms with van der Waals surface area (Å²) in [6, 6.07) is 4.10. The second-order valence-corrected chi connectivity index (χ2v) is 5.39. The van der Waals surface area contributed by atoms with E-state index in [4.69, 9.17) is 0 Å². The van der Waals surface area contributed by atoms with Gasteiger partial charge in [-0.15, -0.1) is 24.0 Å². The molecule has 0 aliphatic rings. The van der Waals surface area contributed by atoms with Crippen LogP contribution < -0.4 is 10.6 Å². The van der Waals surface area contributed by atoms with Crippen LogP contribution in [0.4, 0.5) is 0 Å². The van der Waals surface area contributed by atoms with E-state index >= 15 is 0 Å². The molecule has 2 rings (SSSR count). The average molecular weight is 419 g/mol. The van der Waals surface area contributed by atoms with Crippen LogP contribution in [0.5, 0.6) is 0 Å². The van der Waals surface area contributed by atoms with Gasteiger partial charge in [-0.05, 0) is 34.4 Å². The Morgan fingerprint density at radius 3 is 2.95 bits per heavy atom. The Hall–Kier alpha value is -1.09. The van der Waals surface area contributed by atoms with Gasteiger partial charge in [-0.2, -0.15) is 16.4 Å². The molecule has 0 saturated carbocycles. The Kier molecular flexibility index (Phi) is 8.36. The molecule has 0 aliphatic heterocycles. The Labute approximate surface area is 146 Å². The average Bonchev–Trinajstić information content (AvgIpc) is 3.14. The van der Waals surface area contributed by atoms with Crippen molar-refractivity contribution in [1.29, 1.82) is 0 Å². The van der Waals surface area contributed by atoms with Gasteiger partial charge in [0, 0.05) is 32.5 Å². The van der Waals surface area contributed by atoms with Crippen LogP contribution in [0, 0.1) is 0 Å². The summed E-state index contributed by atoms with van der Waals surface area (Å²) in [7, 11) is 1.79. The molecule has 2 heterocycles. The molecule has 5 nitrogen and oxygen atoms in total. The van der Waals surface area contributed by atoms with E-state index in [1.807, 2.05) is 16.9 Å². The lowest BCUT2D eigenvalue weighted by Gasteiger charge is -2.15. The van der Waals surface area contributed by atoms with Gasteiger partial charge < -0.3 is 10.6 Å². The molecule has 2 aromatic heterocycles. The van der Waals surface area contributed by atoms with Crippen LogP contribution in [0.15, 0.2) is 40.3 Å². The topological polar surface area (TPSA) is 54.2 Å². The van der Waals surface area contributed by atoms with Crippen LogP contribution in [0.1, 0.15) is 18.4 Å². The molecular weight excluding hydrogens is 397 g/mol. The maximum atomic E-state index is 4.23. The number of guanidine groups is 1. The molecule has 2 N–H and O–H groups in total. The van der Waals surface area contributed by atoms with Crippen molar-refractivity contribution >= 4 is 41.3 Å². The fourth-order valence-corrected chi connectivity index (χ4v) is 2.65. The van der Waals surface area contributed by atoms with Crippen LogP contribution in [0.3, 0.4) is 0 Å². The fraction of sp³-hybridized carbons (Fsp3) is 0.429. The quantitative estimate of drug-likeness (QED) is 0.430. The van der Waals surface area contributed by atoms with Gasteiger partial charge in [-0.25, -0.2) is 0 Å². The zero-order valence-corrected chi connectivity index (χ0v) is 15.5. The highest BCUT2D eigenvalue weighted by Crippen LogP contribution is 2.16. The van der Waals surface area contributed by atoms with E-state index in [0.717, 1.165) is 25.6 Å². The Morgan fingerprint density at radius 2 is 2.33 bits per heavy atom. The third-order valence-corrected chi connectivity index (χ3v) is 3.81. The second kappa shape index (κ2) is 9.78. The Balaban J connectivity index is 0.00000220. The van der Waals surface area contributed by atoms with Gasteiger partial charge in [0.15, 0.2) is 5.96 Å². The van der Waals surface area contributed by atoms with Crippen LogP contribution in [0.2, 0.25) is 0 Å². The third kappa shape index (κ3) is 6.04. The molecule has 21 heavy (non-hydrogen) atoms. The molecular formula is C14H22IN5S. The number of hydrogen-bond acceptors (Lipinski definition) is 3. The summed E-state index contributed by atoms with van der Waals surface area (Å²) < 4.78 is 1.90. The summed E-state index contributed by atoms with van der Waals surface area (Å²) >= 11 is 1.74.